The minimum absolute atomic E-state index is 0.748. The van der Waals surface area contributed by atoms with Crippen LogP contribution in [0.3, 0.4) is 0 Å². The number of hydrogen-bond acceptors (Lipinski definition) is 2. The Morgan fingerprint density at radius 1 is 0.941 bits per heavy atom. The lowest BCUT2D eigenvalue weighted by Gasteiger charge is -2.26. The van der Waals surface area contributed by atoms with Crippen LogP contribution in [-0.2, 0) is 10.2 Å². The number of nitrogens with one attached hydrogen (secondary N) is 2. The summed E-state index contributed by atoms with van der Waals surface area (Å²) in [6, 6.07) is 0. The molecule has 0 aromatic rings. The normalized spacial score (nSPS) is 12.5. The van der Waals surface area contributed by atoms with Crippen molar-refractivity contribution in [3.63, 3.8) is 0 Å². The molecular weight excluding hydrogens is 236 g/mol. The summed E-state index contributed by atoms with van der Waals surface area (Å²) in [6.07, 6.45) is 3.09. The fraction of sp³-hybridized carbons (Fsp3) is 0.500. The average Bonchev–Trinajstić information content (AvgIpc) is 1.96. The van der Waals surface area contributed by atoms with Gasteiger partial charge in [-0.1, -0.05) is 13.2 Å². The molecule has 0 aromatic carbocycles. The van der Waals surface area contributed by atoms with Crippen molar-refractivity contribution < 1.29 is 8.42 Å². The van der Waals surface area contributed by atoms with Crippen LogP contribution in [0.5, 0.6) is 0 Å². The van der Waals surface area contributed by atoms with E-state index in [-0.39, 0.29) is 0 Å². The van der Waals surface area contributed by atoms with Crippen molar-refractivity contribution in [1.82, 2.24) is 9.44 Å². The Morgan fingerprint density at radius 2 is 1.24 bits per heavy atom. The van der Waals surface area contributed by atoms with E-state index in [0.29, 0.717) is 0 Å². The maximum absolute atomic E-state index is 11.9. The molecule has 4 nitrogen and oxygen atoms in total. The molecule has 0 fully saturated rings. The molecule has 17 heavy (non-hydrogen) atoms. The van der Waals surface area contributed by atoms with Gasteiger partial charge in [-0.2, -0.15) is 17.9 Å². The molecule has 0 unspecified atom stereocenters. The molecule has 0 aromatic heterocycles. The van der Waals surface area contributed by atoms with Crippen LogP contribution in [0.25, 0.3) is 0 Å². The minimum Gasteiger partial charge on any atom is -0.195 e. The molecule has 0 saturated carbocycles. The topological polar surface area (TPSA) is 58.2 Å². The van der Waals surface area contributed by atoms with Gasteiger partial charge in [0.1, 0.15) is 0 Å². The zero-order chi connectivity index (χ0) is 13.7. The van der Waals surface area contributed by atoms with Crippen molar-refractivity contribution in [1.29, 1.82) is 0 Å². The van der Waals surface area contributed by atoms with Crippen molar-refractivity contribution in [3.8, 4) is 0 Å². The zero-order valence-corrected chi connectivity index (χ0v) is 11.6. The molecule has 0 aliphatic rings. The van der Waals surface area contributed by atoms with E-state index in [0.717, 1.165) is 0 Å². The fourth-order valence-corrected chi connectivity index (χ4v) is 2.84. The second-order valence-electron chi connectivity index (χ2n) is 4.85. The minimum atomic E-state index is -3.64. The molecular formula is C12H20N2O2S. The predicted octanol–water partition coefficient (Wildman–Crippen LogP) is 1.65. The highest BCUT2D eigenvalue weighted by Crippen LogP contribution is 2.09. The van der Waals surface area contributed by atoms with Crippen LogP contribution in [0, 0.1) is 0 Å². The monoisotopic (exact) mass is 256 g/mol. The van der Waals surface area contributed by atoms with E-state index in [9.17, 15) is 8.42 Å². The average molecular weight is 256 g/mol. The highest BCUT2D eigenvalue weighted by atomic mass is 32.2. The maximum Gasteiger partial charge on any atom is 0.278 e. The SMILES string of the molecule is C=C=CC(C)(C)NS(=O)(=O)NC(C)(C)C=C=C. The zero-order valence-electron chi connectivity index (χ0n) is 10.8. The number of rotatable bonds is 6. The predicted molar refractivity (Wildman–Crippen MR) is 70.8 cm³/mol. The molecule has 0 bridgehead atoms. The third-order valence-electron chi connectivity index (χ3n) is 1.72. The van der Waals surface area contributed by atoms with E-state index in [2.05, 4.69) is 34.1 Å². The van der Waals surface area contributed by atoms with Gasteiger partial charge in [0.15, 0.2) is 0 Å². The molecule has 0 aliphatic heterocycles. The van der Waals surface area contributed by atoms with Gasteiger partial charge in [-0.25, -0.2) is 0 Å². The van der Waals surface area contributed by atoms with Gasteiger partial charge in [-0.15, -0.1) is 11.5 Å². The first kappa shape index (κ1) is 15.9. The van der Waals surface area contributed by atoms with Gasteiger partial charge in [-0.05, 0) is 39.8 Å². The Bertz CT molecular complexity index is 425. The van der Waals surface area contributed by atoms with Crippen LogP contribution in [0.2, 0.25) is 0 Å². The van der Waals surface area contributed by atoms with Crippen LogP contribution >= 0.6 is 0 Å². The third-order valence-corrected chi connectivity index (χ3v) is 3.31. The first-order valence-electron chi connectivity index (χ1n) is 5.10. The van der Waals surface area contributed by atoms with E-state index in [4.69, 9.17) is 0 Å². The quantitative estimate of drug-likeness (QED) is 0.710. The lowest BCUT2D eigenvalue weighted by Crippen LogP contribution is -2.53. The van der Waals surface area contributed by atoms with Gasteiger partial charge in [0, 0.05) is 0 Å². The summed E-state index contributed by atoms with van der Waals surface area (Å²) in [5.74, 6) is 0. The Kier molecular flexibility index (Phi) is 5.14. The largest absolute Gasteiger partial charge is 0.278 e. The molecule has 0 aliphatic carbocycles. The molecule has 5 heteroatoms. The Balaban J connectivity index is 4.95. The van der Waals surface area contributed by atoms with Gasteiger partial charge >= 0.3 is 0 Å². The maximum atomic E-state index is 11.9. The first-order valence-corrected chi connectivity index (χ1v) is 6.59. The smallest absolute Gasteiger partial charge is 0.195 e. The summed E-state index contributed by atoms with van der Waals surface area (Å²) in [5.41, 5.74) is 3.62. The van der Waals surface area contributed by atoms with E-state index in [1.807, 2.05) is 0 Å². The fourth-order valence-electron chi connectivity index (χ4n) is 1.29. The highest BCUT2D eigenvalue weighted by Gasteiger charge is 2.27. The van der Waals surface area contributed by atoms with Crippen molar-refractivity contribution in [2.24, 2.45) is 0 Å². The van der Waals surface area contributed by atoms with Crippen LogP contribution < -0.4 is 9.44 Å². The van der Waals surface area contributed by atoms with Gasteiger partial charge in [0.2, 0.25) is 0 Å². The lowest BCUT2D eigenvalue weighted by atomic mass is 10.1. The molecule has 0 heterocycles. The highest BCUT2D eigenvalue weighted by molar-refractivity contribution is 7.87. The molecule has 2 N–H and O–H groups in total. The second-order valence-corrected chi connectivity index (χ2v) is 6.26. The van der Waals surface area contributed by atoms with E-state index in [1.54, 1.807) is 39.8 Å². The summed E-state index contributed by atoms with van der Waals surface area (Å²) in [7, 11) is -3.64. The Morgan fingerprint density at radius 3 is 1.47 bits per heavy atom. The Labute approximate surface area is 104 Å². The molecule has 0 atom stereocenters. The lowest BCUT2D eigenvalue weighted by molar-refractivity contribution is 0.489. The summed E-state index contributed by atoms with van der Waals surface area (Å²) in [4.78, 5) is 0. The van der Waals surface area contributed by atoms with Crippen LogP contribution in [0.4, 0.5) is 0 Å². The molecule has 0 rings (SSSR count). The standard InChI is InChI=1S/C12H20N2O2S/c1-7-9-11(3,4)13-17(15,16)14-12(5,6)10-8-2/h9-10,13-14H,1-2H2,3-6H3. The van der Waals surface area contributed by atoms with Crippen LogP contribution in [0.1, 0.15) is 27.7 Å². The summed E-state index contributed by atoms with van der Waals surface area (Å²) in [6.45, 7) is 13.7. The summed E-state index contributed by atoms with van der Waals surface area (Å²) >= 11 is 0. The molecule has 0 radical (unpaired) electrons. The van der Waals surface area contributed by atoms with Gasteiger partial charge in [0.25, 0.3) is 10.2 Å². The van der Waals surface area contributed by atoms with E-state index < -0.39 is 21.3 Å². The van der Waals surface area contributed by atoms with Crippen molar-refractivity contribution >= 4 is 10.2 Å². The summed E-state index contributed by atoms with van der Waals surface area (Å²) < 4.78 is 28.7. The number of hydrogen-bond donors (Lipinski definition) is 2. The first-order chi connectivity index (χ1) is 7.54. The van der Waals surface area contributed by atoms with E-state index >= 15 is 0 Å². The van der Waals surface area contributed by atoms with E-state index in [1.165, 1.54) is 0 Å². The van der Waals surface area contributed by atoms with Crippen LogP contribution in [-0.4, -0.2) is 19.5 Å². The van der Waals surface area contributed by atoms with Crippen molar-refractivity contribution in [2.45, 2.75) is 38.8 Å². The molecule has 0 spiro atoms. The second kappa shape index (κ2) is 5.50. The van der Waals surface area contributed by atoms with Gasteiger partial charge in [0.05, 0.1) is 11.1 Å². The molecule has 96 valence electrons. The van der Waals surface area contributed by atoms with Crippen LogP contribution in [0.15, 0.2) is 36.8 Å². The third kappa shape index (κ3) is 6.95. The molecule has 0 saturated heterocycles. The van der Waals surface area contributed by atoms with Crippen molar-refractivity contribution in [3.05, 3.63) is 36.8 Å². The van der Waals surface area contributed by atoms with Gasteiger partial charge < -0.3 is 0 Å². The Hall–Kier alpha value is -1.09. The summed E-state index contributed by atoms with van der Waals surface area (Å²) in [5, 5.41) is 0. The van der Waals surface area contributed by atoms with Crippen molar-refractivity contribution in [2.75, 3.05) is 0 Å². The van der Waals surface area contributed by atoms with Gasteiger partial charge in [-0.3, -0.25) is 0 Å². The molecule has 0 amide bonds.